The standard InChI is InChI=1S/C6H6N2O.C5H7N/c7-6(9)5-2-1-3-8-4-5;1-2-4-6-5-3-1/h1-4H,(H2,7,9);1-4,6H,5H2. The normalized spacial score (nSPS) is 12.3. The maximum atomic E-state index is 10.4. The molecule has 2 rings (SSSR count). The lowest BCUT2D eigenvalue weighted by atomic mass is 10.3. The van der Waals surface area contributed by atoms with E-state index in [1.807, 2.05) is 18.4 Å². The molecule has 0 atom stereocenters. The van der Waals surface area contributed by atoms with E-state index in [2.05, 4.69) is 16.4 Å². The number of amides is 1. The average Bonchev–Trinajstić information content (AvgIpc) is 2.33. The molecule has 0 bridgehead atoms. The zero-order valence-electron chi connectivity index (χ0n) is 8.26. The van der Waals surface area contributed by atoms with E-state index in [0.29, 0.717) is 5.56 Å². The Kier molecular flexibility index (Phi) is 4.66. The minimum atomic E-state index is -0.442. The van der Waals surface area contributed by atoms with Gasteiger partial charge in [-0.05, 0) is 24.4 Å². The van der Waals surface area contributed by atoms with Gasteiger partial charge in [-0.1, -0.05) is 12.2 Å². The Bertz CT molecular complexity index is 345. The number of dihydropyridines is 1. The van der Waals surface area contributed by atoms with Crippen molar-refractivity contribution in [1.82, 2.24) is 10.3 Å². The van der Waals surface area contributed by atoms with Gasteiger partial charge in [0, 0.05) is 18.9 Å². The summed E-state index contributed by atoms with van der Waals surface area (Å²) in [5.74, 6) is -0.442. The van der Waals surface area contributed by atoms with Gasteiger partial charge in [-0.25, -0.2) is 0 Å². The number of aromatic nitrogens is 1. The van der Waals surface area contributed by atoms with Crippen LogP contribution in [0.25, 0.3) is 0 Å². The molecule has 1 aromatic heterocycles. The van der Waals surface area contributed by atoms with Crippen molar-refractivity contribution in [3.63, 3.8) is 0 Å². The highest BCUT2D eigenvalue weighted by molar-refractivity contribution is 5.92. The van der Waals surface area contributed by atoms with Crippen LogP contribution < -0.4 is 11.1 Å². The van der Waals surface area contributed by atoms with E-state index in [-0.39, 0.29) is 0 Å². The Hall–Kier alpha value is -2.10. The molecule has 0 spiro atoms. The lowest BCUT2D eigenvalue weighted by Crippen LogP contribution is -2.10. The van der Waals surface area contributed by atoms with Gasteiger partial charge in [0.05, 0.1) is 5.56 Å². The fraction of sp³-hybridized carbons (Fsp3) is 0.0909. The van der Waals surface area contributed by atoms with Crippen LogP contribution in [0.4, 0.5) is 0 Å². The van der Waals surface area contributed by atoms with Gasteiger partial charge >= 0.3 is 0 Å². The van der Waals surface area contributed by atoms with Crippen molar-refractivity contribution < 1.29 is 4.79 Å². The van der Waals surface area contributed by atoms with Gasteiger partial charge < -0.3 is 11.1 Å². The first-order chi connectivity index (χ1) is 7.30. The van der Waals surface area contributed by atoms with Gasteiger partial charge in [-0.15, -0.1) is 0 Å². The molecule has 0 saturated carbocycles. The molecule has 4 heteroatoms. The number of allylic oxidation sites excluding steroid dienone is 2. The molecule has 3 N–H and O–H groups in total. The molecule has 0 aliphatic carbocycles. The van der Waals surface area contributed by atoms with Gasteiger partial charge in [0.15, 0.2) is 0 Å². The van der Waals surface area contributed by atoms with E-state index < -0.39 is 5.91 Å². The number of carbonyl (C=O) groups excluding carboxylic acids is 1. The van der Waals surface area contributed by atoms with Gasteiger partial charge in [0.25, 0.3) is 0 Å². The first-order valence-electron chi connectivity index (χ1n) is 4.55. The molecule has 1 aromatic rings. The first kappa shape index (κ1) is 11.0. The number of hydrogen-bond acceptors (Lipinski definition) is 3. The zero-order valence-corrected chi connectivity index (χ0v) is 8.26. The fourth-order valence-electron chi connectivity index (χ4n) is 0.915. The van der Waals surface area contributed by atoms with Gasteiger partial charge in [-0.3, -0.25) is 9.78 Å². The van der Waals surface area contributed by atoms with E-state index in [0.717, 1.165) is 6.54 Å². The largest absolute Gasteiger partial charge is 0.387 e. The summed E-state index contributed by atoms with van der Waals surface area (Å²) >= 11 is 0. The molecule has 2 heterocycles. The minimum Gasteiger partial charge on any atom is -0.387 e. The van der Waals surface area contributed by atoms with Crippen LogP contribution in [0.2, 0.25) is 0 Å². The Balaban J connectivity index is 0.000000162. The molecular weight excluding hydrogens is 190 g/mol. The minimum absolute atomic E-state index is 0.442. The van der Waals surface area contributed by atoms with Crippen molar-refractivity contribution in [3.05, 3.63) is 54.5 Å². The summed E-state index contributed by atoms with van der Waals surface area (Å²) in [4.78, 5) is 14.1. The highest BCUT2D eigenvalue weighted by Crippen LogP contribution is 1.91. The molecule has 4 nitrogen and oxygen atoms in total. The number of primary amides is 1. The van der Waals surface area contributed by atoms with E-state index in [9.17, 15) is 4.79 Å². The topological polar surface area (TPSA) is 68.0 Å². The zero-order chi connectivity index (χ0) is 10.9. The summed E-state index contributed by atoms with van der Waals surface area (Å²) in [5.41, 5.74) is 5.38. The fourth-order valence-corrected chi connectivity index (χ4v) is 0.915. The molecule has 0 aromatic carbocycles. The van der Waals surface area contributed by atoms with Crippen molar-refractivity contribution in [2.24, 2.45) is 5.73 Å². The number of nitrogens with two attached hydrogens (primary N) is 1. The SMILES string of the molecule is C1=CCNC=C1.NC(=O)c1cccnc1. The van der Waals surface area contributed by atoms with E-state index in [4.69, 9.17) is 5.73 Å². The van der Waals surface area contributed by atoms with Gasteiger partial charge in [0.1, 0.15) is 0 Å². The third-order valence-electron chi connectivity index (χ3n) is 1.64. The smallest absolute Gasteiger partial charge is 0.250 e. The number of nitrogens with zero attached hydrogens (tertiary/aromatic N) is 1. The Morgan fingerprint density at radius 2 is 2.33 bits per heavy atom. The maximum Gasteiger partial charge on any atom is 0.250 e. The Labute approximate surface area is 88.5 Å². The highest BCUT2D eigenvalue weighted by Gasteiger charge is 1.94. The van der Waals surface area contributed by atoms with Crippen molar-refractivity contribution in [2.75, 3.05) is 6.54 Å². The molecule has 0 fully saturated rings. The molecule has 1 aliphatic heterocycles. The predicted octanol–water partition coefficient (Wildman–Crippen LogP) is 0.840. The highest BCUT2D eigenvalue weighted by atomic mass is 16.1. The molecule has 15 heavy (non-hydrogen) atoms. The molecule has 1 aliphatic rings. The lowest BCUT2D eigenvalue weighted by Gasteiger charge is -1.94. The Morgan fingerprint density at radius 1 is 1.47 bits per heavy atom. The van der Waals surface area contributed by atoms with Crippen LogP contribution >= 0.6 is 0 Å². The lowest BCUT2D eigenvalue weighted by molar-refractivity contribution is 0.1000. The molecule has 0 saturated heterocycles. The van der Waals surface area contributed by atoms with E-state index >= 15 is 0 Å². The van der Waals surface area contributed by atoms with Crippen LogP contribution in [0, 0.1) is 0 Å². The summed E-state index contributed by atoms with van der Waals surface area (Å²) in [6.45, 7) is 0.983. The number of hydrogen-bond donors (Lipinski definition) is 2. The number of rotatable bonds is 1. The monoisotopic (exact) mass is 203 g/mol. The quantitative estimate of drug-likeness (QED) is 0.710. The second-order valence-corrected chi connectivity index (χ2v) is 2.80. The summed E-state index contributed by atoms with van der Waals surface area (Å²) in [7, 11) is 0. The summed E-state index contributed by atoms with van der Waals surface area (Å²) in [6, 6.07) is 3.29. The van der Waals surface area contributed by atoms with Gasteiger partial charge in [-0.2, -0.15) is 0 Å². The van der Waals surface area contributed by atoms with Crippen molar-refractivity contribution >= 4 is 5.91 Å². The van der Waals surface area contributed by atoms with Gasteiger partial charge in [0.2, 0.25) is 5.91 Å². The van der Waals surface area contributed by atoms with Crippen LogP contribution in [0.1, 0.15) is 10.4 Å². The Morgan fingerprint density at radius 3 is 2.60 bits per heavy atom. The second-order valence-electron chi connectivity index (χ2n) is 2.80. The molecular formula is C11H13N3O. The third-order valence-corrected chi connectivity index (χ3v) is 1.64. The van der Waals surface area contributed by atoms with Crippen molar-refractivity contribution in [2.45, 2.75) is 0 Å². The summed E-state index contributed by atoms with van der Waals surface area (Å²) in [5, 5.41) is 3.02. The number of pyridine rings is 1. The van der Waals surface area contributed by atoms with Crippen LogP contribution in [0.15, 0.2) is 49.0 Å². The second kappa shape index (κ2) is 6.37. The molecule has 0 radical (unpaired) electrons. The van der Waals surface area contributed by atoms with Crippen LogP contribution in [-0.4, -0.2) is 17.4 Å². The van der Waals surface area contributed by atoms with Crippen molar-refractivity contribution in [3.8, 4) is 0 Å². The van der Waals surface area contributed by atoms with Crippen LogP contribution in [0.3, 0.4) is 0 Å². The summed E-state index contributed by atoms with van der Waals surface area (Å²) < 4.78 is 0. The number of nitrogens with one attached hydrogen (secondary N) is 1. The molecule has 78 valence electrons. The predicted molar refractivity (Wildman–Crippen MR) is 59.0 cm³/mol. The summed E-state index contributed by atoms with van der Waals surface area (Å²) in [6.07, 6.45) is 11.0. The van der Waals surface area contributed by atoms with E-state index in [1.54, 1.807) is 18.3 Å². The molecule has 1 amide bonds. The van der Waals surface area contributed by atoms with Crippen LogP contribution in [0.5, 0.6) is 0 Å². The van der Waals surface area contributed by atoms with E-state index in [1.165, 1.54) is 6.20 Å². The average molecular weight is 203 g/mol. The van der Waals surface area contributed by atoms with Crippen molar-refractivity contribution in [1.29, 1.82) is 0 Å². The molecule has 0 unspecified atom stereocenters. The maximum absolute atomic E-state index is 10.4. The van der Waals surface area contributed by atoms with Crippen LogP contribution in [-0.2, 0) is 0 Å². The third kappa shape index (κ3) is 4.61. The number of carbonyl (C=O) groups is 1. The first-order valence-corrected chi connectivity index (χ1v) is 4.55.